The lowest BCUT2D eigenvalue weighted by Crippen LogP contribution is -2.11. The zero-order valence-electron chi connectivity index (χ0n) is 10.9. The van der Waals surface area contributed by atoms with Gasteiger partial charge in [-0.1, -0.05) is 6.08 Å². The normalized spacial score (nSPS) is 10.0. The molecule has 1 aromatic heterocycles. The average molecular weight is 268 g/mol. The van der Waals surface area contributed by atoms with E-state index >= 15 is 0 Å². The van der Waals surface area contributed by atoms with E-state index in [1.165, 1.54) is 7.11 Å². The molecule has 1 rings (SSSR count). The molecule has 0 radical (unpaired) electrons. The van der Waals surface area contributed by atoms with E-state index in [9.17, 15) is 10.1 Å². The molecule has 1 aromatic rings. The third-order valence-corrected chi connectivity index (χ3v) is 2.05. The summed E-state index contributed by atoms with van der Waals surface area (Å²) in [6.45, 7) is 6.01. The molecule has 0 aliphatic carbocycles. The van der Waals surface area contributed by atoms with Crippen molar-refractivity contribution >= 4 is 11.5 Å². The van der Waals surface area contributed by atoms with Crippen molar-refractivity contribution in [3.63, 3.8) is 0 Å². The third kappa shape index (κ3) is 3.88. The largest absolute Gasteiger partial charge is 0.473 e. The number of nitrogens with one attached hydrogen (secondary N) is 1. The molecule has 0 amide bonds. The fourth-order valence-corrected chi connectivity index (χ4v) is 1.37. The highest BCUT2D eigenvalue weighted by Crippen LogP contribution is 2.31. The number of hydrogen-bond donors (Lipinski definition) is 1. The first-order valence-corrected chi connectivity index (χ1v) is 5.65. The molecule has 19 heavy (non-hydrogen) atoms. The molecule has 0 aromatic carbocycles. The van der Waals surface area contributed by atoms with E-state index in [2.05, 4.69) is 21.9 Å². The van der Waals surface area contributed by atoms with Crippen molar-refractivity contribution in [2.24, 2.45) is 0 Å². The minimum absolute atomic E-state index is 0.0684. The van der Waals surface area contributed by atoms with Crippen molar-refractivity contribution in [1.29, 1.82) is 0 Å². The molecule has 0 atom stereocenters. The molecule has 1 N–H and O–H groups in total. The smallest absolute Gasteiger partial charge is 0.372 e. The number of ether oxygens (including phenoxy) is 2. The maximum absolute atomic E-state index is 11.1. The minimum Gasteiger partial charge on any atom is -0.473 e. The number of anilines is 1. The van der Waals surface area contributed by atoms with Crippen LogP contribution in [-0.2, 0) is 11.3 Å². The van der Waals surface area contributed by atoms with Crippen LogP contribution in [0.3, 0.4) is 0 Å². The minimum atomic E-state index is -0.576. The quantitative estimate of drug-likeness (QED) is 0.433. The Labute approximate surface area is 110 Å². The van der Waals surface area contributed by atoms with Gasteiger partial charge in [-0.3, -0.25) is 10.1 Å². The number of nitro groups is 1. The Balaban J connectivity index is 3.27. The summed E-state index contributed by atoms with van der Waals surface area (Å²) in [5, 5.41) is 13.9. The van der Waals surface area contributed by atoms with Gasteiger partial charge in [-0.05, 0) is 6.92 Å². The van der Waals surface area contributed by atoms with Gasteiger partial charge in [0.25, 0.3) is 5.88 Å². The molecule has 104 valence electrons. The maximum atomic E-state index is 11.1. The standard InChI is InChI=1S/C11H16N4O4/c1-4-6-12-10-9(15(16)17)11(19-5-2)14-8(13-10)7-18-3/h4H,1,5-7H2,2-3H3,(H,12,13,14). The van der Waals surface area contributed by atoms with Gasteiger partial charge in [0.2, 0.25) is 5.82 Å². The van der Waals surface area contributed by atoms with Gasteiger partial charge >= 0.3 is 5.69 Å². The summed E-state index contributed by atoms with van der Waals surface area (Å²) < 4.78 is 10.1. The molecule has 0 aliphatic heterocycles. The van der Waals surface area contributed by atoms with Crippen LogP contribution >= 0.6 is 0 Å². The maximum Gasteiger partial charge on any atom is 0.372 e. The molecule has 0 unspecified atom stereocenters. The van der Waals surface area contributed by atoms with Crippen molar-refractivity contribution in [3.8, 4) is 5.88 Å². The second-order valence-electron chi connectivity index (χ2n) is 3.43. The average Bonchev–Trinajstić information content (AvgIpc) is 2.36. The molecule has 0 bridgehead atoms. The van der Waals surface area contributed by atoms with Crippen molar-refractivity contribution in [1.82, 2.24) is 9.97 Å². The molecule has 8 nitrogen and oxygen atoms in total. The molecular weight excluding hydrogens is 252 g/mol. The van der Waals surface area contributed by atoms with E-state index in [4.69, 9.17) is 9.47 Å². The number of rotatable bonds is 8. The Hall–Kier alpha value is -2.22. The number of nitrogens with zero attached hydrogens (tertiary/aromatic N) is 3. The van der Waals surface area contributed by atoms with Gasteiger partial charge in [0.1, 0.15) is 6.61 Å². The van der Waals surface area contributed by atoms with E-state index in [1.54, 1.807) is 13.0 Å². The van der Waals surface area contributed by atoms with E-state index in [1.807, 2.05) is 0 Å². The van der Waals surface area contributed by atoms with Gasteiger partial charge < -0.3 is 14.8 Å². The Morgan fingerprint density at radius 2 is 2.26 bits per heavy atom. The van der Waals surface area contributed by atoms with Crippen LogP contribution in [-0.4, -0.2) is 35.2 Å². The van der Waals surface area contributed by atoms with Gasteiger partial charge in [0.15, 0.2) is 5.82 Å². The molecule has 0 fully saturated rings. The molecular formula is C11H16N4O4. The number of methoxy groups -OCH3 is 1. The van der Waals surface area contributed by atoms with Gasteiger partial charge in [-0.25, -0.2) is 4.98 Å². The van der Waals surface area contributed by atoms with Crippen LogP contribution in [0.4, 0.5) is 11.5 Å². The van der Waals surface area contributed by atoms with Gasteiger partial charge in [-0.15, -0.1) is 6.58 Å². The van der Waals surface area contributed by atoms with E-state index in [-0.39, 0.29) is 30.6 Å². The van der Waals surface area contributed by atoms with E-state index < -0.39 is 4.92 Å². The molecule has 0 saturated carbocycles. The lowest BCUT2D eigenvalue weighted by Gasteiger charge is -2.10. The summed E-state index contributed by atoms with van der Waals surface area (Å²) >= 11 is 0. The second-order valence-corrected chi connectivity index (χ2v) is 3.43. The number of aromatic nitrogens is 2. The lowest BCUT2D eigenvalue weighted by molar-refractivity contribution is -0.385. The summed E-state index contributed by atoms with van der Waals surface area (Å²) in [6.07, 6.45) is 1.57. The van der Waals surface area contributed by atoms with Crippen molar-refractivity contribution in [2.75, 3.05) is 25.6 Å². The zero-order valence-corrected chi connectivity index (χ0v) is 10.9. The Bertz CT molecular complexity index is 464. The lowest BCUT2D eigenvalue weighted by atomic mass is 10.4. The topological polar surface area (TPSA) is 99.4 Å². The van der Waals surface area contributed by atoms with Crippen LogP contribution in [0.5, 0.6) is 5.88 Å². The summed E-state index contributed by atoms with van der Waals surface area (Å²) in [6, 6.07) is 0. The van der Waals surface area contributed by atoms with Crippen LogP contribution < -0.4 is 10.1 Å². The first-order valence-electron chi connectivity index (χ1n) is 5.65. The van der Waals surface area contributed by atoms with Crippen molar-refractivity contribution in [3.05, 3.63) is 28.6 Å². The molecule has 1 heterocycles. The van der Waals surface area contributed by atoms with Crippen LogP contribution in [0.1, 0.15) is 12.7 Å². The molecule has 8 heteroatoms. The highest BCUT2D eigenvalue weighted by Gasteiger charge is 2.25. The van der Waals surface area contributed by atoms with Gasteiger partial charge in [0.05, 0.1) is 11.5 Å². The Morgan fingerprint density at radius 3 is 2.79 bits per heavy atom. The molecule has 0 saturated heterocycles. The highest BCUT2D eigenvalue weighted by molar-refractivity contribution is 5.61. The van der Waals surface area contributed by atoms with Crippen LogP contribution in [0, 0.1) is 10.1 Å². The summed E-state index contributed by atoms with van der Waals surface area (Å²) in [5.41, 5.74) is -0.288. The van der Waals surface area contributed by atoms with Gasteiger partial charge in [0, 0.05) is 13.7 Å². The Kier molecular flexibility index (Phi) is 5.68. The molecule has 0 spiro atoms. The van der Waals surface area contributed by atoms with Gasteiger partial charge in [-0.2, -0.15) is 4.98 Å². The third-order valence-electron chi connectivity index (χ3n) is 2.05. The summed E-state index contributed by atoms with van der Waals surface area (Å²) in [4.78, 5) is 18.5. The SMILES string of the molecule is C=CCNc1nc(COC)nc(OCC)c1[N+](=O)[O-]. The zero-order chi connectivity index (χ0) is 14.3. The summed E-state index contributed by atoms with van der Waals surface area (Å²) in [7, 11) is 1.49. The first-order chi connectivity index (χ1) is 9.13. The predicted octanol–water partition coefficient (Wildman–Crippen LogP) is 1.53. The van der Waals surface area contributed by atoms with Crippen LogP contribution in [0.25, 0.3) is 0 Å². The Morgan fingerprint density at radius 1 is 1.53 bits per heavy atom. The fourth-order valence-electron chi connectivity index (χ4n) is 1.37. The monoisotopic (exact) mass is 268 g/mol. The second kappa shape index (κ2) is 7.27. The molecule has 0 aliphatic rings. The summed E-state index contributed by atoms with van der Waals surface area (Å²) in [5.74, 6) is 0.333. The van der Waals surface area contributed by atoms with Crippen LogP contribution in [0.2, 0.25) is 0 Å². The van der Waals surface area contributed by atoms with Crippen molar-refractivity contribution in [2.45, 2.75) is 13.5 Å². The van der Waals surface area contributed by atoms with Crippen molar-refractivity contribution < 1.29 is 14.4 Å². The number of hydrogen-bond acceptors (Lipinski definition) is 7. The fraction of sp³-hybridized carbons (Fsp3) is 0.455. The predicted molar refractivity (Wildman–Crippen MR) is 69.3 cm³/mol. The highest BCUT2D eigenvalue weighted by atomic mass is 16.6. The van der Waals surface area contributed by atoms with E-state index in [0.29, 0.717) is 12.4 Å². The van der Waals surface area contributed by atoms with E-state index in [0.717, 1.165) is 0 Å². The first kappa shape index (κ1) is 14.8. The van der Waals surface area contributed by atoms with Crippen LogP contribution in [0.15, 0.2) is 12.7 Å².